The molecule has 2 amide bonds. The lowest BCUT2D eigenvalue weighted by Crippen LogP contribution is -2.31. The molecule has 0 saturated carbocycles. The summed E-state index contributed by atoms with van der Waals surface area (Å²) < 4.78 is 53.1. The summed E-state index contributed by atoms with van der Waals surface area (Å²) in [7, 11) is 0. The molecule has 0 aliphatic heterocycles. The number of amides is 2. The fourth-order valence-corrected chi connectivity index (χ4v) is 3.33. The Kier molecular flexibility index (Phi) is 6.07. The number of aromatic nitrogens is 1. The highest BCUT2D eigenvalue weighted by Gasteiger charge is 2.34. The number of anilines is 1. The third-order valence-electron chi connectivity index (χ3n) is 5.12. The summed E-state index contributed by atoms with van der Waals surface area (Å²) in [4.78, 5) is 36.7. The summed E-state index contributed by atoms with van der Waals surface area (Å²) in [5.41, 5.74) is 4.40. The average Bonchev–Trinajstić information content (AvgIpc) is 2.69. The number of nitrogens with two attached hydrogens (primary N) is 1. The normalized spacial score (nSPS) is 12.6. The van der Waals surface area contributed by atoms with Crippen LogP contribution in [0.5, 0.6) is 0 Å². The lowest BCUT2D eigenvalue weighted by atomic mass is 10.0. The van der Waals surface area contributed by atoms with Gasteiger partial charge in [-0.25, -0.2) is 4.39 Å². The Balaban J connectivity index is 1.92. The van der Waals surface area contributed by atoms with Crippen LogP contribution in [0, 0.1) is 12.7 Å². The van der Waals surface area contributed by atoms with Gasteiger partial charge >= 0.3 is 6.18 Å². The molecule has 10 heteroatoms. The third kappa shape index (κ3) is 4.48. The van der Waals surface area contributed by atoms with Gasteiger partial charge in [0.05, 0.1) is 17.7 Å². The van der Waals surface area contributed by atoms with Gasteiger partial charge < -0.3 is 15.6 Å². The first kappa shape index (κ1) is 23.0. The highest BCUT2D eigenvalue weighted by atomic mass is 19.4. The molecular formula is C22H19F4N3O3. The molecule has 3 aromatic rings. The number of pyridine rings is 1. The fourth-order valence-electron chi connectivity index (χ4n) is 3.33. The number of halogens is 4. The quantitative estimate of drug-likeness (QED) is 0.582. The van der Waals surface area contributed by atoms with Crippen molar-refractivity contribution >= 4 is 28.3 Å². The Morgan fingerprint density at radius 1 is 1.12 bits per heavy atom. The number of carbonyl (C=O) groups is 2. The third-order valence-corrected chi connectivity index (χ3v) is 5.12. The van der Waals surface area contributed by atoms with Crippen LogP contribution in [0.15, 0.2) is 47.4 Å². The summed E-state index contributed by atoms with van der Waals surface area (Å²) in [5.74, 6) is -2.75. The van der Waals surface area contributed by atoms with E-state index in [-0.39, 0.29) is 17.4 Å². The summed E-state index contributed by atoms with van der Waals surface area (Å²) in [6, 6.07) is 6.13. The predicted molar refractivity (Wildman–Crippen MR) is 111 cm³/mol. The van der Waals surface area contributed by atoms with Crippen molar-refractivity contribution in [2.24, 2.45) is 5.73 Å². The van der Waals surface area contributed by atoms with E-state index < -0.39 is 41.0 Å². The van der Waals surface area contributed by atoms with Crippen molar-refractivity contribution in [3.05, 3.63) is 75.5 Å². The van der Waals surface area contributed by atoms with Crippen LogP contribution >= 0.6 is 0 Å². The molecule has 0 aliphatic rings. The van der Waals surface area contributed by atoms with Crippen molar-refractivity contribution in [2.45, 2.75) is 32.5 Å². The van der Waals surface area contributed by atoms with Crippen LogP contribution in [-0.4, -0.2) is 16.4 Å². The van der Waals surface area contributed by atoms with Crippen LogP contribution in [0.25, 0.3) is 10.8 Å². The Bertz CT molecular complexity index is 1280. The number of alkyl halides is 3. The number of primary amides is 1. The number of nitrogens with one attached hydrogen (secondary N) is 1. The maximum Gasteiger partial charge on any atom is 0.419 e. The molecule has 6 nitrogen and oxygen atoms in total. The lowest BCUT2D eigenvalue weighted by molar-refractivity contribution is -0.140. The predicted octanol–water partition coefficient (Wildman–Crippen LogP) is 3.70. The zero-order valence-electron chi connectivity index (χ0n) is 17.1. The number of hydrogen-bond donors (Lipinski definition) is 2. The molecule has 1 aromatic heterocycles. The fraction of sp³-hybridized carbons (Fsp3) is 0.227. The molecule has 0 fully saturated rings. The van der Waals surface area contributed by atoms with Crippen molar-refractivity contribution in [2.75, 3.05) is 5.32 Å². The Morgan fingerprint density at radius 2 is 1.81 bits per heavy atom. The molecule has 0 aliphatic carbocycles. The SMILES string of the molecule is Cc1ccc2c(=O)n(C(C)C(N)=O)ccc2c1NC(=O)Cc1ccc(C(F)(F)F)c(F)c1. The van der Waals surface area contributed by atoms with E-state index in [0.29, 0.717) is 28.8 Å². The molecule has 0 spiro atoms. The first-order chi connectivity index (χ1) is 14.9. The van der Waals surface area contributed by atoms with Crippen molar-refractivity contribution in [3.8, 4) is 0 Å². The van der Waals surface area contributed by atoms with E-state index in [1.54, 1.807) is 25.1 Å². The zero-order valence-corrected chi connectivity index (χ0v) is 17.1. The largest absolute Gasteiger partial charge is 0.419 e. The van der Waals surface area contributed by atoms with Gasteiger partial charge in [0.15, 0.2) is 0 Å². The van der Waals surface area contributed by atoms with Gasteiger partial charge in [0.2, 0.25) is 11.8 Å². The van der Waals surface area contributed by atoms with Crippen LogP contribution in [0.3, 0.4) is 0 Å². The van der Waals surface area contributed by atoms with Crippen molar-refractivity contribution in [3.63, 3.8) is 0 Å². The van der Waals surface area contributed by atoms with Gasteiger partial charge in [-0.3, -0.25) is 14.4 Å². The number of fused-ring (bicyclic) bond motifs is 1. The van der Waals surface area contributed by atoms with Crippen molar-refractivity contribution < 1.29 is 27.2 Å². The Hall–Kier alpha value is -3.69. The van der Waals surface area contributed by atoms with E-state index in [0.717, 1.165) is 6.07 Å². The second-order valence-electron chi connectivity index (χ2n) is 7.36. The summed E-state index contributed by atoms with van der Waals surface area (Å²) in [5, 5.41) is 3.29. The minimum atomic E-state index is -4.83. The second kappa shape index (κ2) is 8.45. The van der Waals surface area contributed by atoms with Crippen molar-refractivity contribution in [1.82, 2.24) is 4.57 Å². The summed E-state index contributed by atoms with van der Waals surface area (Å²) in [6.45, 7) is 3.18. The molecule has 1 atom stereocenters. The highest BCUT2D eigenvalue weighted by molar-refractivity contribution is 6.03. The standard InChI is InChI=1S/C22H19F4N3O3/c1-11-3-5-15-14(7-8-29(21(15)32)12(2)20(27)31)19(11)28-18(30)10-13-4-6-16(17(23)9-13)22(24,25)26/h3-9,12H,10H2,1-2H3,(H2,27,31)(H,28,30). The molecule has 3 rings (SSSR count). The molecule has 32 heavy (non-hydrogen) atoms. The van der Waals surface area contributed by atoms with E-state index in [4.69, 9.17) is 5.73 Å². The molecule has 0 radical (unpaired) electrons. The number of carbonyl (C=O) groups excluding carboxylic acids is 2. The van der Waals surface area contributed by atoms with Crippen LogP contribution in [0.1, 0.15) is 29.7 Å². The van der Waals surface area contributed by atoms with Gasteiger partial charge in [-0.1, -0.05) is 12.1 Å². The highest BCUT2D eigenvalue weighted by Crippen LogP contribution is 2.32. The maximum absolute atomic E-state index is 13.8. The van der Waals surface area contributed by atoms with Crippen LogP contribution in [0.2, 0.25) is 0 Å². The molecule has 0 saturated heterocycles. The first-order valence-corrected chi connectivity index (χ1v) is 9.49. The van der Waals surface area contributed by atoms with Gasteiger partial charge in [-0.15, -0.1) is 0 Å². The molecule has 2 aromatic carbocycles. The van der Waals surface area contributed by atoms with Gasteiger partial charge in [0, 0.05) is 17.0 Å². The van der Waals surface area contributed by atoms with Gasteiger partial charge in [-0.05, 0) is 49.2 Å². The minimum absolute atomic E-state index is 0.0588. The topological polar surface area (TPSA) is 94.2 Å². The number of hydrogen-bond acceptors (Lipinski definition) is 3. The molecule has 0 bridgehead atoms. The summed E-state index contributed by atoms with van der Waals surface area (Å²) >= 11 is 0. The number of benzene rings is 2. The Labute approximate surface area is 179 Å². The smallest absolute Gasteiger partial charge is 0.368 e. The Morgan fingerprint density at radius 3 is 2.41 bits per heavy atom. The monoisotopic (exact) mass is 449 g/mol. The van der Waals surface area contributed by atoms with E-state index in [9.17, 15) is 31.9 Å². The number of nitrogens with zero attached hydrogens (tertiary/aromatic N) is 1. The van der Waals surface area contributed by atoms with Crippen LogP contribution < -0.4 is 16.6 Å². The van der Waals surface area contributed by atoms with Crippen LogP contribution in [0.4, 0.5) is 23.2 Å². The van der Waals surface area contributed by atoms with E-state index in [2.05, 4.69) is 5.32 Å². The first-order valence-electron chi connectivity index (χ1n) is 9.49. The average molecular weight is 449 g/mol. The molecule has 1 unspecified atom stereocenters. The lowest BCUT2D eigenvalue weighted by Gasteiger charge is -2.16. The molecule has 1 heterocycles. The molecule has 168 valence electrons. The molecule has 3 N–H and O–H groups in total. The van der Waals surface area contributed by atoms with Gasteiger partial charge in [0.25, 0.3) is 5.56 Å². The van der Waals surface area contributed by atoms with E-state index in [1.165, 1.54) is 17.7 Å². The summed E-state index contributed by atoms with van der Waals surface area (Å²) in [6.07, 6.45) is -3.81. The van der Waals surface area contributed by atoms with Crippen molar-refractivity contribution in [1.29, 1.82) is 0 Å². The minimum Gasteiger partial charge on any atom is -0.368 e. The van der Waals surface area contributed by atoms with E-state index >= 15 is 0 Å². The second-order valence-corrected chi connectivity index (χ2v) is 7.36. The van der Waals surface area contributed by atoms with Gasteiger partial charge in [-0.2, -0.15) is 13.2 Å². The van der Waals surface area contributed by atoms with E-state index in [1.807, 2.05) is 0 Å². The maximum atomic E-state index is 13.8. The molecular weight excluding hydrogens is 430 g/mol. The number of rotatable bonds is 5. The van der Waals surface area contributed by atoms with Crippen LogP contribution in [-0.2, 0) is 22.2 Å². The zero-order chi connectivity index (χ0) is 23.8. The number of aryl methyl sites for hydroxylation is 1. The van der Waals surface area contributed by atoms with Gasteiger partial charge in [0.1, 0.15) is 11.9 Å².